The number of benzene rings is 2. The maximum atomic E-state index is 5.35. The molecule has 2 aromatic carbocycles. The summed E-state index contributed by atoms with van der Waals surface area (Å²) in [7, 11) is 1.66. The molecule has 0 unspecified atom stereocenters. The maximum absolute atomic E-state index is 5.35. The number of hydrogen-bond acceptors (Lipinski definition) is 5. The Hall–Kier alpha value is -2.40. The number of para-hydroxylation sites is 2. The van der Waals surface area contributed by atoms with Crippen LogP contribution in [-0.2, 0) is 0 Å². The van der Waals surface area contributed by atoms with Crippen LogP contribution in [0.5, 0.6) is 5.75 Å². The Kier molecular flexibility index (Phi) is 3.60. The third-order valence-corrected chi connectivity index (χ3v) is 3.66. The van der Waals surface area contributed by atoms with Gasteiger partial charge in [-0.25, -0.2) is 0 Å². The van der Waals surface area contributed by atoms with Gasteiger partial charge in [0, 0.05) is 5.69 Å². The van der Waals surface area contributed by atoms with Crippen molar-refractivity contribution in [3.8, 4) is 16.3 Å². The summed E-state index contributed by atoms with van der Waals surface area (Å²) in [6.45, 7) is 0. The van der Waals surface area contributed by atoms with Gasteiger partial charge in [-0.05, 0) is 24.3 Å². The number of nitrogens with one attached hydrogen (secondary N) is 1. The zero-order chi connectivity index (χ0) is 13.8. The SMILES string of the molecule is COc1ccccc1-c1nnc(Nc2ccccc2)s1. The number of rotatable bonds is 4. The van der Waals surface area contributed by atoms with Crippen molar-refractivity contribution in [1.29, 1.82) is 0 Å². The van der Waals surface area contributed by atoms with Crippen molar-refractivity contribution in [2.45, 2.75) is 0 Å². The zero-order valence-corrected chi connectivity index (χ0v) is 11.7. The number of anilines is 2. The second-order valence-electron chi connectivity index (χ2n) is 4.10. The second kappa shape index (κ2) is 5.71. The lowest BCUT2D eigenvalue weighted by molar-refractivity contribution is 0.416. The summed E-state index contributed by atoms with van der Waals surface area (Å²) < 4.78 is 5.35. The Balaban J connectivity index is 1.87. The highest BCUT2D eigenvalue weighted by atomic mass is 32.1. The Morgan fingerprint density at radius 2 is 1.70 bits per heavy atom. The first kappa shape index (κ1) is 12.6. The topological polar surface area (TPSA) is 47.0 Å². The van der Waals surface area contributed by atoms with Gasteiger partial charge in [-0.3, -0.25) is 0 Å². The highest BCUT2D eigenvalue weighted by molar-refractivity contribution is 7.18. The molecular formula is C15H13N3OS. The van der Waals surface area contributed by atoms with Crippen LogP contribution in [0.3, 0.4) is 0 Å². The van der Waals surface area contributed by atoms with E-state index in [9.17, 15) is 0 Å². The van der Waals surface area contributed by atoms with E-state index in [1.165, 1.54) is 11.3 Å². The van der Waals surface area contributed by atoms with E-state index in [0.29, 0.717) is 0 Å². The molecule has 0 saturated carbocycles. The first-order valence-corrected chi connectivity index (χ1v) is 6.97. The molecule has 4 nitrogen and oxygen atoms in total. The van der Waals surface area contributed by atoms with Crippen LogP contribution >= 0.6 is 11.3 Å². The number of nitrogens with zero attached hydrogens (tertiary/aromatic N) is 2. The highest BCUT2D eigenvalue weighted by Crippen LogP contribution is 2.33. The van der Waals surface area contributed by atoms with Crippen molar-refractivity contribution in [1.82, 2.24) is 10.2 Å². The van der Waals surface area contributed by atoms with Gasteiger partial charge in [0.05, 0.1) is 12.7 Å². The van der Waals surface area contributed by atoms with E-state index >= 15 is 0 Å². The van der Waals surface area contributed by atoms with Gasteiger partial charge in [-0.2, -0.15) is 0 Å². The van der Waals surface area contributed by atoms with Crippen LogP contribution in [0.15, 0.2) is 54.6 Å². The van der Waals surface area contributed by atoms with Gasteiger partial charge in [-0.1, -0.05) is 41.7 Å². The molecule has 0 atom stereocenters. The largest absolute Gasteiger partial charge is 0.496 e. The highest BCUT2D eigenvalue weighted by Gasteiger charge is 2.11. The van der Waals surface area contributed by atoms with E-state index in [-0.39, 0.29) is 0 Å². The molecule has 20 heavy (non-hydrogen) atoms. The van der Waals surface area contributed by atoms with E-state index in [1.807, 2.05) is 54.6 Å². The number of hydrogen-bond donors (Lipinski definition) is 1. The van der Waals surface area contributed by atoms with Gasteiger partial charge in [0.25, 0.3) is 0 Å². The Labute approximate surface area is 121 Å². The molecule has 0 bridgehead atoms. The summed E-state index contributed by atoms with van der Waals surface area (Å²) >= 11 is 1.50. The van der Waals surface area contributed by atoms with Gasteiger partial charge in [0.2, 0.25) is 5.13 Å². The average molecular weight is 283 g/mol. The van der Waals surface area contributed by atoms with Crippen LogP contribution in [0.2, 0.25) is 0 Å². The molecule has 0 radical (unpaired) electrons. The lowest BCUT2D eigenvalue weighted by Gasteiger charge is -2.03. The molecule has 0 aliphatic carbocycles. The molecule has 0 spiro atoms. The second-order valence-corrected chi connectivity index (χ2v) is 5.08. The van der Waals surface area contributed by atoms with E-state index < -0.39 is 0 Å². The molecule has 100 valence electrons. The zero-order valence-electron chi connectivity index (χ0n) is 10.9. The van der Waals surface area contributed by atoms with Crippen molar-refractivity contribution in [3.05, 3.63) is 54.6 Å². The molecule has 1 N–H and O–H groups in total. The van der Waals surface area contributed by atoms with Gasteiger partial charge in [0.1, 0.15) is 5.75 Å². The first-order valence-electron chi connectivity index (χ1n) is 6.16. The Morgan fingerprint density at radius 3 is 2.50 bits per heavy atom. The summed E-state index contributed by atoms with van der Waals surface area (Å²) in [5.74, 6) is 0.801. The number of methoxy groups -OCH3 is 1. The normalized spacial score (nSPS) is 10.2. The Morgan fingerprint density at radius 1 is 0.950 bits per heavy atom. The fourth-order valence-corrected chi connectivity index (χ4v) is 2.64. The average Bonchev–Trinajstić information content (AvgIpc) is 2.96. The summed E-state index contributed by atoms with van der Waals surface area (Å²) in [6.07, 6.45) is 0. The van der Waals surface area contributed by atoms with Crippen molar-refractivity contribution in [2.24, 2.45) is 0 Å². The van der Waals surface area contributed by atoms with Crippen LogP contribution in [0, 0.1) is 0 Å². The fourth-order valence-electron chi connectivity index (χ4n) is 1.85. The molecular weight excluding hydrogens is 270 g/mol. The maximum Gasteiger partial charge on any atom is 0.210 e. The summed E-state index contributed by atoms with van der Waals surface area (Å²) in [4.78, 5) is 0. The third kappa shape index (κ3) is 2.62. The van der Waals surface area contributed by atoms with Gasteiger partial charge >= 0.3 is 0 Å². The van der Waals surface area contributed by atoms with E-state index in [2.05, 4.69) is 15.5 Å². The van der Waals surface area contributed by atoms with Crippen LogP contribution in [0.25, 0.3) is 10.6 Å². The molecule has 0 saturated heterocycles. The van der Waals surface area contributed by atoms with E-state index in [0.717, 1.165) is 27.1 Å². The predicted octanol–water partition coefficient (Wildman–Crippen LogP) is 3.96. The molecule has 3 aromatic rings. The molecule has 0 aliphatic rings. The standard InChI is InChI=1S/C15H13N3OS/c1-19-13-10-6-5-9-12(13)14-17-18-15(20-14)16-11-7-3-2-4-8-11/h2-10H,1H3,(H,16,18). The molecule has 1 heterocycles. The van der Waals surface area contributed by atoms with Crippen molar-refractivity contribution in [3.63, 3.8) is 0 Å². The minimum Gasteiger partial charge on any atom is -0.496 e. The Bertz CT molecular complexity index is 697. The predicted molar refractivity (Wildman–Crippen MR) is 81.6 cm³/mol. The summed E-state index contributed by atoms with van der Waals surface area (Å²) in [6, 6.07) is 17.7. The monoisotopic (exact) mass is 283 g/mol. The van der Waals surface area contributed by atoms with Crippen LogP contribution in [0.4, 0.5) is 10.8 Å². The number of ether oxygens (including phenoxy) is 1. The van der Waals surface area contributed by atoms with E-state index in [4.69, 9.17) is 4.74 Å². The molecule has 3 rings (SSSR count). The lowest BCUT2D eigenvalue weighted by Crippen LogP contribution is -1.88. The smallest absolute Gasteiger partial charge is 0.210 e. The van der Waals surface area contributed by atoms with Gasteiger partial charge in [-0.15, -0.1) is 10.2 Å². The summed E-state index contributed by atoms with van der Waals surface area (Å²) in [5, 5.41) is 13.2. The van der Waals surface area contributed by atoms with Crippen LogP contribution in [0.1, 0.15) is 0 Å². The molecule has 5 heteroatoms. The minimum atomic E-state index is 0.761. The first-order chi connectivity index (χ1) is 9.86. The molecule has 0 amide bonds. The quantitative estimate of drug-likeness (QED) is 0.787. The lowest BCUT2D eigenvalue weighted by atomic mass is 10.2. The summed E-state index contributed by atoms with van der Waals surface area (Å²) in [5.41, 5.74) is 1.95. The van der Waals surface area contributed by atoms with Crippen LogP contribution < -0.4 is 10.1 Å². The van der Waals surface area contributed by atoms with Crippen molar-refractivity contribution >= 4 is 22.2 Å². The van der Waals surface area contributed by atoms with Crippen molar-refractivity contribution in [2.75, 3.05) is 12.4 Å². The minimum absolute atomic E-state index is 0.761. The molecule has 0 fully saturated rings. The molecule has 1 aromatic heterocycles. The third-order valence-electron chi connectivity index (χ3n) is 2.79. The van der Waals surface area contributed by atoms with Gasteiger partial charge in [0.15, 0.2) is 5.01 Å². The van der Waals surface area contributed by atoms with E-state index in [1.54, 1.807) is 7.11 Å². The van der Waals surface area contributed by atoms with Crippen LogP contribution in [-0.4, -0.2) is 17.3 Å². The number of aromatic nitrogens is 2. The fraction of sp³-hybridized carbons (Fsp3) is 0.0667. The van der Waals surface area contributed by atoms with Gasteiger partial charge < -0.3 is 10.1 Å². The van der Waals surface area contributed by atoms with Crippen molar-refractivity contribution < 1.29 is 4.74 Å². The molecule has 0 aliphatic heterocycles.